The molecule has 5 rings (SSSR count). The normalized spacial score (nSPS) is 19.5. The zero-order valence-electron chi connectivity index (χ0n) is 22.3. The van der Waals surface area contributed by atoms with Crippen LogP contribution in [0.4, 0.5) is 5.82 Å². The summed E-state index contributed by atoms with van der Waals surface area (Å²) in [5, 5.41) is 3.68. The van der Waals surface area contributed by atoms with Gasteiger partial charge in [-0.2, -0.15) is 4.98 Å². The Labute approximate surface area is 233 Å². The molecule has 2 fully saturated rings. The number of halogens is 1. The van der Waals surface area contributed by atoms with Crippen molar-refractivity contribution < 1.29 is 14.3 Å². The second kappa shape index (κ2) is 12.1. The molecule has 4 heterocycles. The molecule has 11 heteroatoms. The van der Waals surface area contributed by atoms with E-state index in [0.717, 1.165) is 23.5 Å². The van der Waals surface area contributed by atoms with Crippen LogP contribution in [0.1, 0.15) is 43.9 Å². The number of nitrogens with zero attached hydrogens (tertiary/aromatic N) is 6. The van der Waals surface area contributed by atoms with Gasteiger partial charge in [-0.3, -0.25) is 14.2 Å². The van der Waals surface area contributed by atoms with Crippen LogP contribution in [0.2, 0.25) is 5.02 Å². The minimum absolute atomic E-state index is 0.0913. The summed E-state index contributed by atoms with van der Waals surface area (Å²) in [5.74, 6) is 1.34. The number of aromatic nitrogens is 4. The molecule has 0 spiro atoms. The third kappa shape index (κ3) is 6.57. The summed E-state index contributed by atoms with van der Waals surface area (Å²) in [4.78, 5) is 44.2. The Morgan fingerprint density at radius 2 is 2.00 bits per heavy atom. The van der Waals surface area contributed by atoms with Crippen molar-refractivity contribution >= 4 is 29.2 Å². The molecule has 0 aliphatic carbocycles. The molecule has 10 nitrogen and oxygen atoms in total. The Kier molecular flexibility index (Phi) is 8.42. The first-order valence-corrected chi connectivity index (χ1v) is 13.8. The molecule has 2 aliphatic heterocycles. The van der Waals surface area contributed by atoms with E-state index in [1.54, 1.807) is 29.2 Å². The quantitative estimate of drug-likeness (QED) is 0.458. The number of carbonyl (C=O) groups excluding carboxylic acids is 2. The molecule has 2 aromatic heterocycles. The minimum Gasteiger partial charge on any atom is -0.381 e. The number of hydrogen-bond donors (Lipinski definition) is 1. The van der Waals surface area contributed by atoms with E-state index < -0.39 is 0 Å². The third-order valence-electron chi connectivity index (χ3n) is 7.24. The molecule has 2 unspecified atom stereocenters. The van der Waals surface area contributed by atoms with Crippen LogP contribution < -0.4 is 10.2 Å². The van der Waals surface area contributed by atoms with Gasteiger partial charge < -0.3 is 19.9 Å². The Balaban J connectivity index is 1.38. The lowest BCUT2D eigenvalue weighted by atomic mass is 10.0. The van der Waals surface area contributed by atoms with Gasteiger partial charge in [0.25, 0.3) is 0 Å². The first-order valence-electron chi connectivity index (χ1n) is 13.4. The molecule has 0 radical (unpaired) electrons. The van der Waals surface area contributed by atoms with E-state index in [0.29, 0.717) is 50.4 Å². The van der Waals surface area contributed by atoms with Crippen LogP contribution in [0.25, 0.3) is 5.95 Å². The molecule has 1 N–H and O–H groups in total. The van der Waals surface area contributed by atoms with Crippen LogP contribution in [0.5, 0.6) is 0 Å². The first-order chi connectivity index (χ1) is 18.9. The maximum absolute atomic E-state index is 13.2. The highest BCUT2D eigenvalue weighted by Gasteiger charge is 2.36. The highest BCUT2D eigenvalue weighted by Crippen LogP contribution is 2.27. The number of carbonyl (C=O) groups is 2. The molecule has 2 aliphatic rings. The molecule has 1 aromatic carbocycles. The fraction of sp³-hybridized carbons (Fsp3) is 0.464. The van der Waals surface area contributed by atoms with Gasteiger partial charge in [0.05, 0.1) is 24.3 Å². The summed E-state index contributed by atoms with van der Waals surface area (Å²) < 4.78 is 7.24. The van der Waals surface area contributed by atoms with E-state index >= 15 is 0 Å². The molecule has 0 saturated carbocycles. The Morgan fingerprint density at radius 1 is 1.18 bits per heavy atom. The number of imidazole rings is 1. The number of amides is 2. The van der Waals surface area contributed by atoms with E-state index in [9.17, 15) is 9.59 Å². The molecular weight excluding hydrogens is 518 g/mol. The Morgan fingerprint density at radius 3 is 2.69 bits per heavy atom. The predicted molar refractivity (Wildman–Crippen MR) is 148 cm³/mol. The molecule has 2 saturated heterocycles. The van der Waals surface area contributed by atoms with Gasteiger partial charge in [-0.25, -0.2) is 9.97 Å². The number of piperazine rings is 1. The van der Waals surface area contributed by atoms with E-state index in [1.165, 1.54) is 0 Å². The van der Waals surface area contributed by atoms with Gasteiger partial charge in [-0.1, -0.05) is 37.6 Å². The average Bonchev–Trinajstić information content (AvgIpc) is 3.67. The monoisotopic (exact) mass is 551 g/mol. The molecule has 0 bridgehead atoms. The summed E-state index contributed by atoms with van der Waals surface area (Å²) in [5.41, 5.74) is 1.87. The standard InChI is InChI=1S/C28H34ClN7O3/c1-19(2)24-14-25(33-28(32-24)35-9-8-30-18-35)36-11-10-34(27(38)21-7-12-39-17-21)16-23(36)13-26(37)31-15-20-3-5-22(29)6-4-20/h3-6,8-9,14,18-19,21,23H,7,10-13,15-17H2,1-2H3,(H,31,37). The number of ether oxygens (including phenoxy) is 1. The smallest absolute Gasteiger partial charge is 0.237 e. The lowest BCUT2D eigenvalue weighted by Crippen LogP contribution is -2.57. The molecule has 2 atom stereocenters. The van der Waals surface area contributed by atoms with Crippen molar-refractivity contribution in [2.24, 2.45) is 5.92 Å². The molecule has 39 heavy (non-hydrogen) atoms. The maximum atomic E-state index is 13.2. The van der Waals surface area contributed by atoms with E-state index in [-0.39, 0.29) is 36.1 Å². The van der Waals surface area contributed by atoms with Gasteiger partial charge in [0.1, 0.15) is 12.1 Å². The number of rotatable bonds is 8. The van der Waals surface area contributed by atoms with Crippen molar-refractivity contribution in [3.63, 3.8) is 0 Å². The fourth-order valence-corrected chi connectivity index (χ4v) is 5.11. The maximum Gasteiger partial charge on any atom is 0.237 e. The molecule has 2 amide bonds. The second-order valence-corrected chi connectivity index (χ2v) is 10.8. The summed E-state index contributed by atoms with van der Waals surface area (Å²) >= 11 is 5.99. The molecular formula is C28H34ClN7O3. The van der Waals surface area contributed by atoms with Crippen molar-refractivity contribution in [3.8, 4) is 5.95 Å². The first kappa shape index (κ1) is 27.1. The summed E-state index contributed by atoms with van der Waals surface area (Å²) in [7, 11) is 0. The van der Waals surface area contributed by atoms with Crippen LogP contribution in [-0.2, 0) is 20.9 Å². The molecule has 3 aromatic rings. The van der Waals surface area contributed by atoms with Gasteiger partial charge in [0, 0.05) is 62.7 Å². The Hall–Kier alpha value is -3.50. The zero-order chi connectivity index (χ0) is 27.4. The van der Waals surface area contributed by atoms with E-state index in [1.807, 2.05) is 29.3 Å². The average molecular weight is 552 g/mol. The number of nitrogens with one attached hydrogen (secondary N) is 1. The highest BCUT2D eigenvalue weighted by molar-refractivity contribution is 6.30. The van der Waals surface area contributed by atoms with Gasteiger partial charge in [0.15, 0.2) is 0 Å². The van der Waals surface area contributed by atoms with E-state index in [4.69, 9.17) is 26.3 Å². The van der Waals surface area contributed by atoms with Crippen molar-refractivity contribution in [1.29, 1.82) is 0 Å². The highest BCUT2D eigenvalue weighted by atomic mass is 35.5. The molecule has 206 valence electrons. The van der Waals surface area contributed by atoms with Crippen molar-refractivity contribution in [2.75, 3.05) is 37.7 Å². The van der Waals surface area contributed by atoms with Gasteiger partial charge >= 0.3 is 0 Å². The van der Waals surface area contributed by atoms with Crippen molar-refractivity contribution in [3.05, 3.63) is 65.3 Å². The van der Waals surface area contributed by atoms with Crippen LogP contribution in [0.15, 0.2) is 49.1 Å². The SMILES string of the molecule is CC(C)c1cc(N2CCN(C(=O)C3CCOC3)CC2CC(=O)NCc2ccc(Cl)cc2)nc(-n2ccnc2)n1. The lowest BCUT2D eigenvalue weighted by Gasteiger charge is -2.42. The predicted octanol–water partition coefficient (Wildman–Crippen LogP) is 3.20. The number of anilines is 1. The van der Waals surface area contributed by atoms with Crippen LogP contribution in [0, 0.1) is 5.92 Å². The Bertz CT molecular complexity index is 1280. The minimum atomic E-state index is -0.249. The zero-order valence-corrected chi connectivity index (χ0v) is 23.0. The van der Waals surface area contributed by atoms with Crippen LogP contribution in [-0.4, -0.2) is 75.1 Å². The number of benzene rings is 1. The van der Waals surface area contributed by atoms with Gasteiger partial charge in [0.2, 0.25) is 17.8 Å². The third-order valence-corrected chi connectivity index (χ3v) is 7.49. The second-order valence-electron chi connectivity index (χ2n) is 10.4. The van der Waals surface area contributed by atoms with Crippen LogP contribution in [0.3, 0.4) is 0 Å². The fourth-order valence-electron chi connectivity index (χ4n) is 4.98. The van der Waals surface area contributed by atoms with Crippen LogP contribution >= 0.6 is 11.6 Å². The lowest BCUT2D eigenvalue weighted by molar-refractivity contribution is -0.137. The summed E-state index contributed by atoms with van der Waals surface area (Å²) in [6, 6.07) is 9.15. The summed E-state index contributed by atoms with van der Waals surface area (Å²) in [6.07, 6.45) is 6.13. The van der Waals surface area contributed by atoms with Gasteiger partial charge in [-0.05, 0) is 30.0 Å². The largest absolute Gasteiger partial charge is 0.381 e. The topological polar surface area (TPSA) is 105 Å². The van der Waals surface area contributed by atoms with Gasteiger partial charge in [-0.15, -0.1) is 0 Å². The van der Waals surface area contributed by atoms with E-state index in [2.05, 4.69) is 29.0 Å². The van der Waals surface area contributed by atoms with Crippen molar-refractivity contribution in [1.82, 2.24) is 29.7 Å². The van der Waals surface area contributed by atoms with Crippen molar-refractivity contribution in [2.45, 2.75) is 45.2 Å². The number of hydrogen-bond acceptors (Lipinski definition) is 7. The summed E-state index contributed by atoms with van der Waals surface area (Å²) in [6.45, 7) is 7.21.